The number of ether oxygens (including phenoxy) is 3. The Morgan fingerprint density at radius 1 is 1.20 bits per heavy atom. The molecule has 0 aliphatic carbocycles. The average Bonchev–Trinajstić information content (AvgIpc) is 2.60. The van der Waals surface area contributed by atoms with Crippen molar-refractivity contribution in [2.45, 2.75) is 44.3 Å². The lowest BCUT2D eigenvalue weighted by molar-refractivity contribution is -0.274. The molecule has 0 spiro atoms. The van der Waals surface area contributed by atoms with Crippen molar-refractivity contribution in [2.75, 3.05) is 19.8 Å². The van der Waals surface area contributed by atoms with Crippen LogP contribution in [0.3, 0.4) is 0 Å². The maximum Gasteiger partial charge on any atom is 0.573 e. The average molecular weight is 451 g/mol. The summed E-state index contributed by atoms with van der Waals surface area (Å²) in [6.45, 7) is 6.70. The fourth-order valence-electron chi connectivity index (χ4n) is 2.47. The van der Waals surface area contributed by atoms with E-state index in [4.69, 9.17) is 9.47 Å². The number of halogens is 3. The molecule has 0 aromatic heterocycles. The minimum absolute atomic E-state index is 0.0682. The van der Waals surface area contributed by atoms with Gasteiger partial charge < -0.3 is 14.2 Å². The molecule has 1 aliphatic rings. The van der Waals surface area contributed by atoms with Crippen LogP contribution in [0.2, 0.25) is 0 Å². The normalized spacial score (nSPS) is 18.1. The number of ketones is 1. The van der Waals surface area contributed by atoms with Crippen LogP contribution in [0.1, 0.15) is 38.1 Å². The second-order valence-corrected chi connectivity index (χ2v) is 9.92. The molecule has 30 heavy (non-hydrogen) atoms. The van der Waals surface area contributed by atoms with Crippen molar-refractivity contribution >= 4 is 22.7 Å². The largest absolute Gasteiger partial charge is 0.573 e. The Hall–Kier alpha value is -1.98. The molecule has 0 saturated carbocycles. The van der Waals surface area contributed by atoms with E-state index in [0.717, 1.165) is 24.3 Å². The van der Waals surface area contributed by atoms with Crippen molar-refractivity contribution in [2.24, 2.45) is 5.92 Å². The molecule has 0 bridgehead atoms. The van der Waals surface area contributed by atoms with Crippen molar-refractivity contribution < 1.29 is 41.2 Å². The topological polar surface area (TPSA) is 90.9 Å². The maximum absolute atomic E-state index is 12.4. The van der Waals surface area contributed by atoms with Gasteiger partial charge in [0, 0.05) is 5.56 Å². The molecule has 1 heterocycles. The first-order chi connectivity index (χ1) is 13.7. The molecule has 1 N–H and O–H groups in total. The highest BCUT2D eigenvalue weighted by Crippen LogP contribution is 2.29. The standard InChI is InChI=1S/C19H24F3NO6S/c1-12(18(10-27-11-18)23-30(26)17(2,3)4)16(25)28-9-15(24)13-5-7-14(8-6-13)29-19(20,21)22/h5-8,12,23H,9-11H2,1-4H3. The van der Waals surface area contributed by atoms with Crippen molar-refractivity contribution in [3.05, 3.63) is 29.8 Å². The Kier molecular flexibility index (Phi) is 7.31. The molecule has 2 unspecified atom stereocenters. The first kappa shape index (κ1) is 24.3. The van der Waals surface area contributed by atoms with Gasteiger partial charge in [0.15, 0.2) is 12.4 Å². The number of benzene rings is 1. The van der Waals surface area contributed by atoms with Crippen LogP contribution in [0.25, 0.3) is 0 Å². The van der Waals surface area contributed by atoms with E-state index in [1.54, 1.807) is 27.7 Å². The number of hydrogen-bond acceptors (Lipinski definition) is 6. The van der Waals surface area contributed by atoms with Gasteiger partial charge in [0.1, 0.15) is 5.75 Å². The van der Waals surface area contributed by atoms with Crippen molar-refractivity contribution in [1.29, 1.82) is 0 Å². The van der Waals surface area contributed by atoms with Crippen LogP contribution < -0.4 is 9.46 Å². The molecular formula is C19H24F3NO6S. The molecule has 7 nitrogen and oxygen atoms in total. The third-order valence-electron chi connectivity index (χ3n) is 4.51. The fourth-order valence-corrected chi connectivity index (χ4v) is 3.44. The Morgan fingerprint density at radius 2 is 1.77 bits per heavy atom. The number of esters is 1. The molecule has 1 aromatic carbocycles. The molecule has 0 radical (unpaired) electrons. The van der Waals surface area contributed by atoms with E-state index >= 15 is 0 Å². The van der Waals surface area contributed by atoms with Gasteiger partial charge in [-0.1, -0.05) is 0 Å². The summed E-state index contributed by atoms with van der Waals surface area (Å²) in [5, 5.41) is 0. The molecule has 0 amide bonds. The predicted octanol–water partition coefficient (Wildman–Crippen LogP) is 2.77. The van der Waals surface area contributed by atoms with Crippen LogP contribution in [0.15, 0.2) is 24.3 Å². The van der Waals surface area contributed by atoms with Crippen LogP contribution in [-0.2, 0) is 25.3 Å². The van der Waals surface area contributed by atoms with Gasteiger partial charge in [0.2, 0.25) is 0 Å². The summed E-state index contributed by atoms with van der Waals surface area (Å²) >= 11 is 0. The molecular weight excluding hydrogens is 427 g/mol. The SMILES string of the molecule is CC(C(=O)OCC(=O)c1ccc(OC(F)(F)F)cc1)C1(NS(=O)C(C)(C)C)COC1. The van der Waals surface area contributed by atoms with Gasteiger partial charge >= 0.3 is 12.3 Å². The predicted molar refractivity (Wildman–Crippen MR) is 102 cm³/mol. The summed E-state index contributed by atoms with van der Waals surface area (Å²) in [4.78, 5) is 24.6. The van der Waals surface area contributed by atoms with Gasteiger partial charge in [0.05, 0.1) is 40.4 Å². The van der Waals surface area contributed by atoms with Gasteiger partial charge in [-0.15, -0.1) is 13.2 Å². The van der Waals surface area contributed by atoms with E-state index in [1.165, 1.54) is 0 Å². The highest BCUT2D eigenvalue weighted by molar-refractivity contribution is 7.84. The van der Waals surface area contributed by atoms with Gasteiger partial charge in [0.25, 0.3) is 0 Å². The highest BCUT2D eigenvalue weighted by atomic mass is 32.2. The third-order valence-corrected chi connectivity index (χ3v) is 6.21. The number of rotatable bonds is 8. The first-order valence-corrected chi connectivity index (χ1v) is 10.2. The van der Waals surface area contributed by atoms with E-state index in [-0.39, 0.29) is 18.8 Å². The smallest absolute Gasteiger partial charge is 0.457 e. The Labute approximate surface area is 174 Å². The number of nitrogens with one attached hydrogen (secondary N) is 1. The molecule has 1 aromatic rings. The zero-order chi connectivity index (χ0) is 22.7. The Bertz CT molecular complexity index is 800. The monoisotopic (exact) mass is 451 g/mol. The van der Waals surface area contributed by atoms with Crippen LogP contribution >= 0.6 is 0 Å². The number of hydrogen-bond donors (Lipinski definition) is 1. The molecule has 1 saturated heterocycles. The number of carbonyl (C=O) groups is 2. The molecule has 168 valence electrons. The quantitative estimate of drug-likeness (QED) is 0.483. The molecule has 2 rings (SSSR count). The number of alkyl halides is 3. The second kappa shape index (κ2) is 9.03. The van der Waals surface area contributed by atoms with Crippen molar-refractivity contribution in [3.63, 3.8) is 0 Å². The summed E-state index contributed by atoms with van der Waals surface area (Å²) < 4.78 is 65.4. The van der Waals surface area contributed by atoms with Crippen LogP contribution in [-0.4, -0.2) is 52.4 Å². The lowest BCUT2D eigenvalue weighted by Gasteiger charge is -2.45. The molecule has 1 aliphatic heterocycles. The Morgan fingerprint density at radius 3 is 2.20 bits per heavy atom. The zero-order valence-corrected chi connectivity index (χ0v) is 17.8. The van der Waals surface area contributed by atoms with Crippen molar-refractivity contribution in [3.8, 4) is 5.75 Å². The van der Waals surface area contributed by atoms with Gasteiger partial charge in [-0.2, -0.15) is 0 Å². The minimum Gasteiger partial charge on any atom is -0.457 e. The highest BCUT2D eigenvalue weighted by Gasteiger charge is 2.49. The summed E-state index contributed by atoms with van der Waals surface area (Å²) in [6.07, 6.45) is -4.83. The van der Waals surface area contributed by atoms with Crippen LogP contribution in [0, 0.1) is 5.92 Å². The lowest BCUT2D eigenvalue weighted by Crippen LogP contribution is -2.67. The third kappa shape index (κ3) is 6.26. The van der Waals surface area contributed by atoms with E-state index in [2.05, 4.69) is 9.46 Å². The van der Waals surface area contributed by atoms with Gasteiger partial charge in [-0.05, 0) is 52.0 Å². The van der Waals surface area contributed by atoms with Crippen molar-refractivity contribution in [1.82, 2.24) is 4.72 Å². The molecule has 11 heteroatoms. The van der Waals surface area contributed by atoms with E-state index in [0.29, 0.717) is 0 Å². The van der Waals surface area contributed by atoms with E-state index < -0.39 is 57.7 Å². The van der Waals surface area contributed by atoms with Crippen LogP contribution in [0.5, 0.6) is 5.75 Å². The van der Waals surface area contributed by atoms with Gasteiger partial charge in [-0.25, -0.2) is 8.93 Å². The first-order valence-electron chi connectivity index (χ1n) is 9.07. The molecule has 2 atom stereocenters. The maximum atomic E-state index is 12.4. The van der Waals surface area contributed by atoms with Crippen LogP contribution in [0.4, 0.5) is 13.2 Å². The van der Waals surface area contributed by atoms with E-state index in [1.807, 2.05) is 0 Å². The lowest BCUT2D eigenvalue weighted by atomic mass is 9.84. The Balaban J connectivity index is 1.94. The van der Waals surface area contributed by atoms with Gasteiger partial charge in [-0.3, -0.25) is 9.59 Å². The number of carbonyl (C=O) groups excluding carboxylic acids is 2. The summed E-state index contributed by atoms with van der Waals surface area (Å²) in [5.74, 6) is -2.47. The summed E-state index contributed by atoms with van der Waals surface area (Å²) in [5.41, 5.74) is -0.798. The van der Waals surface area contributed by atoms with E-state index in [9.17, 15) is 27.0 Å². The zero-order valence-electron chi connectivity index (χ0n) is 17.0. The minimum atomic E-state index is -4.83. The second-order valence-electron chi connectivity index (χ2n) is 7.96. The summed E-state index contributed by atoms with van der Waals surface area (Å²) in [6, 6.07) is 4.29. The summed E-state index contributed by atoms with van der Waals surface area (Å²) in [7, 11) is -1.44. The number of Topliss-reactive ketones (excluding diaryl/α,β-unsaturated/α-hetero) is 1. The fraction of sp³-hybridized carbons (Fsp3) is 0.579. The molecule has 1 fully saturated rings.